The summed E-state index contributed by atoms with van der Waals surface area (Å²) < 4.78 is 0.746. The molecule has 6 nitrogen and oxygen atoms in total. The molecule has 0 bridgehead atoms. The van der Waals surface area contributed by atoms with Crippen LogP contribution < -0.4 is 5.32 Å². The Labute approximate surface area is 130 Å². The maximum absolute atomic E-state index is 11.4. The molecule has 0 unspecified atom stereocenters. The van der Waals surface area contributed by atoms with Gasteiger partial charge in [0, 0.05) is 15.2 Å². The molecule has 0 saturated heterocycles. The Morgan fingerprint density at radius 2 is 1.90 bits per heavy atom. The van der Waals surface area contributed by atoms with Gasteiger partial charge in [0.1, 0.15) is 5.69 Å². The number of nitro benzene ring substituents is 1. The molecule has 0 atom stereocenters. The van der Waals surface area contributed by atoms with Crippen molar-refractivity contribution in [1.82, 2.24) is 0 Å². The number of carboxylic acids is 1. The SMILES string of the molecule is CC(C)(Nc1ccc(I)cc1[N+](=O)[O-])C(C)(C)C(=O)O. The molecule has 0 aliphatic carbocycles. The Bertz CT molecular complexity index is 555. The van der Waals surface area contributed by atoms with Crippen LogP contribution in [0.4, 0.5) is 11.4 Å². The lowest BCUT2D eigenvalue weighted by Gasteiger charge is -2.39. The average Bonchev–Trinajstić information content (AvgIpc) is 2.30. The molecule has 0 spiro atoms. The number of hydrogen-bond donors (Lipinski definition) is 2. The number of benzene rings is 1. The predicted molar refractivity (Wildman–Crippen MR) is 84.9 cm³/mol. The van der Waals surface area contributed by atoms with Gasteiger partial charge in [-0.1, -0.05) is 0 Å². The first kappa shape index (κ1) is 16.7. The van der Waals surface area contributed by atoms with E-state index in [1.165, 1.54) is 6.07 Å². The van der Waals surface area contributed by atoms with E-state index in [0.717, 1.165) is 3.57 Å². The first-order chi connectivity index (χ1) is 8.99. The van der Waals surface area contributed by atoms with Crippen LogP contribution in [0.3, 0.4) is 0 Å². The number of nitrogens with one attached hydrogen (secondary N) is 1. The van der Waals surface area contributed by atoms with Crippen molar-refractivity contribution in [3.63, 3.8) is 0 Å². The smallest absolute Gasteiger partial charge is 0.311 e. The lowest BCUT2D eigenvalue weighted by Crippen LogP contribution is -2.50. The van der Waals surface area contributed by atoms with Gasteiger partial charge in [0.15, 0.2) is 0 Å². The van der Waals surface area contributed by atoms with E-state index in [9.17, 15) is 20.0 Å². The number of carbonyl (C=O) groups is 1. The third-order valence-corrected chi connectivity index (χ3v) is 4.37. The molecule has 2 N–H and O–H groups in total. The van der Waals surface area contributed by atoms with Gasteiger partial charge in [0.05, 0.1) is 10.3 Å². The fraction of sp³-hybridized carbons (Fsp3) is 0.462. The molecular weight excluding hydrogens is 375 g/mol. The topological polar surface area (TPSA) is 92.5 Å². The number of rotatable bonds is 5. The van der Waals surface area contributed by atoms with E-state index >= 15 is 0 Å². The van der Waals surface area contributed by atoms with E-state index in [-0.39, 0.29) is 5.69 Å². The van der Waals surface area contributed by atoms with E-state index in [1.807, 2.05) is 22.6 Å². The summed E-state index contributed by atoms with van der Waals surface area (Å²) in [5.41, 5.74) is -1.71. The van der Waals surface area contributed by atoms with Crippen molar-refractivity contribution in [1.29, 1.82) is 0 Å². The summed E-state index contributed by atoms with van der Waals surface area (Å²) in [6.07, 6.45) is 0. The molecule has 0 aliphatic heterocycles. The van der Waals surface area contributed by atoms with Gasteiger partial charge < -0.3 is 10.4 Å². The second kappa shape index (κ2) is 5.55. The van der Waals surface area contributed by atoms with Gasteiger partial charge in [-0.05, 0) is 62.4 Å². The molecule has 7 heteroatoms. The van der Waals surface area contributed by atoms with Crippen LogP contribution in [-0.4, -0.2) is 21.5 Å². The van der Waals surface area contributed by atoms with Gasteiger partial charge in [0.25, 0.3) is 5.69 Å². The van der Waals surface area contributed by atoms with Crippen LogP contribution in [-0.2, 0) is 4.79 Å². The minimum Gasteiger partial charge on any atom is -0.481 e. The number of aliphatic carboxylic acids is 1. The van der Waals surface area contributed by atoms with Crippen LogP contribution >= 0.6 is 22.6 Å². The fourth-order valence-electron chi connectivity index (χ4n) is 1.52. The van der Waals surface area contributed by atoms with Crippen LogP contribution in [0.1, 0.15) is 27.7 Å². The second-order valence-electron chi connectivity index (χ2n) is 5.60. The highest BCUT2D eigenvalue weighted by atomic mass is 127. The van der Waals surface area contributed by atoms with Crippen molar-refractivity contribution < 1.29 is 14.8 Å². The molecular formula is C13H17IN2O4. The maximum atomic E-state index is 11.4. The van der Waals surface area contributed by atoms with Crippen LogP contribution in [0, 0.1) is 19.1 Å². The van der Waals surface area contributed by atoms with Crippen LogP contribution in [0.2, 0.25) is 0 Å². The number of halogens is 1. The quantitative estimate of drug-likeness (QED) is 0.455. The number of anilines is 1. The highest BCUT2D eigenvalue weighted by Gasteiger charge is 2.44. The Balaban J connectivity index is 3.22. The number of hydrogen-bond acceptors (Lipinski definition) is 4. The van der Waals surface area contributed by atoms with Crippen LogP contribution in [0.15, 0.2) is 18.2 Å². The molecule has 1 aromatic rings. The lowest BCUT2D eigenvalue weighted by atomic mass is 9.74. The zero-order valence-electron chi connectivity index (χ0n) is 11.7. The molecule has 0 heterocycles. The Morgan fingerprint density at radius 3 is 2.35 bits per heavy atom. The summed E-state index contributed by atoms with van der Waals surface area (Å²) in [7, 11) is 0. The van der Waals surface area contributed by atoms with Crippen LogP contribution in [0.5, 0.6) is 0 Å². The zero-order chi connectivity index (χ0) is 15.7. The molecule has 0 fully saturated rings. The molecule has 1 aromatic carbocycles. The largest absolute Gasteiger partial charge is 0.481 e. The van der Waals surface area contributed by atoms with Gasteiger partial charge in [-0.2, -0.15) is 0 Å². The Kier molecular flexibility index (Phi) is 4.62. The van der Waals surface area contributed by atoms with Crippen molar-refractivity contribution in [3.05, 3.63) is 31.9 Å². The Hall–Kier alpha value is -1.38. The van der Waals surface area contributed by atoms with Gasteiger partial charge in [0.2, 0.25) is 0 Å². The van der Waals surface area contributed by atoms with E-state index in [0.29, 0.717) is 5.69 Å². The van der Waals surface area contributed by atoms with E-state index < -0.39 is 21.8 Å². The van der Waals surface area contributed by atoms with Crippen molar-refractivity contribution in [2.24, 2.45) is 5.41 Å². The van der Waals surface area contributed by atoms with Crippen LogP contribution in [0.25, 0.3) is 0 Å². The third kappa shape index (κ3) is 3.20. The molecule has 0 aliphatic rings. The maximum Gasteiger partial charge on any atom is 0.311 e. The highest BCUT2D eigenvalue weighted by Crippen LogP contribution is 2.37. The van der Waals surface area contributed by atoms with Gasteiger partial charge in [-0.15, -0.1) is 0 Å². The summed E-state index contributed by atoms with van der Waals surface area (Å²) in [6, 6.07) is 4.78. The summed E-state index contributed by atoms with van der Waals surface area (Å²) in [6.45, 7) is 6.59. The lowest BCUT2D eigenvalue weighted by molar-refractivity contribution is -0.384. The molecule has 0 saturated carbocycles. The van der Waals surface area contributed by atoms with Crippen molar-refractivity contribution in [3.8, 4) is 0 Å². The number of nitro groups is 1. The van der Waals surface area contributed by atoms with Crippen molar-refractivity contribution in [2.45, 2.75) is 33.2 Å². The molecule has 1 rings (SSSR count). The standard InChI is InChI=1S/C13H17IN2O4/c1-12(2,11(17)18)13(3,4)15-9-6-5-8(14)7-10(9)16(19)20/h5-7,15H,1-4H3,(H,17,18). The zero-order valence-corrected chi connectivity index (χ0v) is 13.9. The first-order valence-corrected chi connectivity index (χ1v) is 7.02. The summed E-state index contributed by atoms with van der Waals surface area (Å²) in [5.74, 6) is -0.969. The third-order valence-electron chi connectivity index (χ3n) is 3.70. The van der Waals surface area contributed by atoms with E-state index in [4.69, 9.17) is 0 Å². The summed E-state index contributed by atoms with van der Waals surface area (Å²) in [5, 5.41) is 23.4. The Morgan fingerprint density at radius 1 is 1.35 bits per heavy atom. The molecule has 20 heavy (non-hydrogen) atoms. The van der Waals surface area contributed by atoms with Gasteiger partial charge >= 0.3 is 5.97 Å². The molecule has 0 aromatic heterocycles. The van der Waals surface area contributed by atoms with Gasteiger partial charge in [-0.3, -0.25) is 14.9 Å². The average molecular weight is 392 g/mol. The van der Waals surface area contributed by atoms with E-state index in [2.05, 4.69) is 5.32 Å². The normalized spacial score (nSPS) is 12.1. The fourth-order valence-corrected chi connectivity index (χ4v) is 2.00. The summed E-state index contributed by atoms with van der Waals surface area (Å²) >= 11 is 1.99. The summed E-state index contributed by atoms with van der Waals surface area (Å²) in [4.78, 5) is 22.0. The van der Waals surface area contributed by atoms with Crippen molar-refractivity contribution in [2.75, 3.05) is 5.32 Å². The van der Waals surface area contributed by atoms with E-state index in [1.54, 1.807) is 39.8 Å². The predicted octanol–water partition coefficient (Wildman–Crippen LogP) is 3.50. The molecule has 0 radical (unpaired) electrons. The number of nitrogens with zero attached hydrogens (tertiary/aromatic N) is 1. The monoisotopic (exact) mass is 392 g/mol. The molecule has 110 valence electrons. The molecule has 0 amide bonds. The minimum atomic E-state index is -1.09. The second-order valence-corrected chi connectivity index (χ2v) is 6.84. The van der Waals surface area contributed by atoms with Gasteiger partial charge in [-0.25, -0.2) is 0 Å². The number of carboxylic acid groups (broad SMARTS) is 1. The minimum absolute atomic E-state index is 0.0637. The van der Waals surface area contributed by atoms with Crippen molar-refractivity contribution >= 4 is 39.9 Å². The first-order valence-electron chi connectivity index (χ1n) is 5.94. The highest BCUT2D eigenvalue weighted by molar-refractivity contribution is 14.1.